The Morgan fingerprint density at radius 2 is 2.20 bits per heavy atom. The summed E-state index contributed by atoms with van der Waals surface area (Å²) in [5, 5.41) is 7.56. The van der Waals surface area contributed by atoms with Gasteiger partial charge in [0.25, 0.3) is 0 Å². The van der Waals surface area contributed by atoms with Crippen LogP contribution in [0.5, 0.6) is 11.5 Å². The molecule has 0 radical (unpaired) electrons. The van der Waals surface area contributed by atoms with E-state index in [1.54, 1.807) is 12.4 Å². The van der Waals surface area contributed by atoms with E-state index < -0.39 is 0 Å². The van der Waals surface area contributed by atoms with Gasteiger partial charge in [0.05, 0.1) is 18.1 Å². The molecule has 20 heavy (non-hydrogen) atoms. The maximum absolute atomic E-state index is 5.78. The first-order valence-electron chi connectivity index (χ1n) is 7.03. The van der Waals surface area contributed by atoms with Gasteiger partial charge in [-0.1, -0.05) is 13.8 Å². The largest absolute Gasteiger partial charge is 0.454 e. The average Bonchev–Trinajstić information content (AvgIpc) is 2.86. The van der Waals surface area contributed by atoms with Crippen LogP contribution in [0.3, 0.4) is 0 Å². The molecule has 0 saturated carbocycles. The van der Waals surface area contributed by atoms with Crippen LogP contribution >= 0.6 is 0 Å². The Bertz CT molecular complexity index is 536. The zero-order valence-electron chi connectivity index (χ0n) is 12.3. The van der Waals surface area contributed by atoms with E-state index in [0.29, 0.717) is 5.92 Å². The Labute approximate surface area is 120 Å². The molecule has 1 N–H and O–H groups in total. The number of hydrogen-bond donors (Lipinski definition) is 1. The van der Waals surface area contributed by atoms with Crippen LogP contribution < -0.4 is 10.1 Å². The molecule has 2 rings (SSSR count). The van der Waals surface area contributed by atoms with Crippen LogP contribution in [0, 0.1) is 5.92 Å². The molecule has 0 amide bonds. The number of hydrogen-bond acceptors (Lipinski definition) is 4. The van der Waals surface area contributed by atoms with Crippen LogP contribution in [0.2, 0.25) is 0 Å². The van der Waals surface area contributed by atoms with Crippen molar-refractivity contribution in [3.8, 4) is 11.5 Å². The second-order valence-corrected chi connectivity index (χ2v) is 5.14. The number of ether oxygens (including phenoxy) is 1. The molecule has 0 unspecified atom stereocenters. The van der Waals surface area contributed by atoms with Gasteiger partial charge < -0.3 is 10.1 Å². The van der Waals surface area contributed by atoms with E-state index in [-0.39, 0.29) is 0 Å². The molecule has 0 atom stereocenters. The fourth-order valence-corrected chi connectivity index (χ4v) is 1.81. The van der Waals surface area contributed by atoms with Crippen molar-refractivity contribution >= 4 is 0 Å². The topological polar surface area (TPSA) is 52.0 Å². The summed E-state index contributed by atoms with van der Waals surface area (Å²) < 4.78 is 7.61. The quantitative estimate of drug-likeness (QED) is 0.843. The SMILES string of the molecule is CCn1cc(Oc2ccnc(CNCC(C)C)c2)cn1. The molecule has 0 bridgehead atoms. The molecule has 0 aliphatic heterocycles. The third-order valence-electron chi connectivity index (χ3n) is 2.82. The highest BCUT2D eigenvalue weighted by Gasteiger charge is 2.03. The van der Waals surface area contributed by atoms with Gasteiger partial charge in [0.2, 0.25) is 0 Å². The van der Waals surface area contributed by atoms with Gasteiger partial charge in [0.1, 0.15) is 5.75 Å². The van der Waals surface area contributed by atoms with Crippen molar-refractivity contribution in [1.82, 2.24) is 20.1 Å². The zero-order chi connectivity index (χ0) is 14.4. The summed E-state index contributed by atoms with van der Waals surface area (Å²) >= 11 is 0. The fourth-order valence-electron chi connectivity index (χ4n) is 1.81. The van der Waals surface area contributed by atoms with Gasteiger partial charge in [-0.2, -0.15) is 5.10 Å². The van der Waals surface area contributed by atoms with Gasteiger partial charge in [-0.25, -0.2) is 0 Å². The molecule has 0 fully saturated rings. The number of nitrogens with one attached hydrogen (secondary N) is 1. The lowest BCUT2D eigenvalue weighted by Gasteiger charge is -2.08. The highest BCUT2D eigenvalue weighted by molar-refractivity contribution is 5.28. The molecule has 0 spiro atoms. The van der Waals surface area contributed by atoms with E-state index in [0.717, 1.165) is 36.8 Å². The Kier molecular flexibility index (Phi) is 5.12. The van der Waals surface area contributed by atoms with Crippen LogP contribution in [0.1, 0.15) is 26.5 Å². The fraction of sp³-hybridized carbons (Fsp3) is 0.467. The molecule has 108 valence electrons. The summed E-state index contributed by atoms with van der Waals surface area (Å²) in [6.07, 6.45) is 5.38. The maximum atomic E-state index is 5.78. The van der Waals surface area contributed by atoms with Crippen molar-refractivity contribution in [3.63, 3.8) is 0 Å². The predicted molar refractivity (Wildman–Crippen MR) is 78.8 cm³/mol. The number of rotatable bonds is 7. The van der Waals surface area contributed by atoms with Gasteiger partial charge in [0, 0.05) is 25.4 Å². The summed E-state index contributed by atoms with van der Waals surface area (Å²) in [4.78, 5) is 4.34. The molecule has 5 heteroatoms. The van der Waals surface area contributed by atoms with E-state index in [1.165, 1.54) is 0 Å². The first-order valence-corrected chi connectivity index (χ1v) is 7.03. The third-order valence-corrected chi connectivity index (χ3v) is 2.82. The maximum Gasteiger partial charge on any atom is 0.165 e. The average molecular weight is 274 g/mol. The molecule has 0 aliphatic rings. The highest BCUT2D eigenvalue weighted by Crippen LogP contribution is 2.20. The number of aromatic nitrogens is 3. The minimum absolute atomic E-state index is 0.634. The number of pyridine rings is 1. The number of nitrogens with zero attached hydrogens (tertiary/aromatic N) is 3. The van der Waals surface area contributed by atoms with E-state index in [2.05, 4.69) is 29.2 Å². The van der Waals surface area contributed by atoms with E-state index >= 15 is 0 Å². The Morgan fingerprint density at radius 3 is 2.90 bits per heavy atom. The Balaban J connectivity index is 1.95. The minimum atomic E-state index is 0.634. The lowest BCUT2D eigenvalue weighted by Crippen LogP contribution is -2.19. The van der Waals surface area contributed by atoms with Crippen LogP contribution in [-0.2, 0) is 13.1 Å². The van der Waals surface area contributed by atoms with Gasteiger partial charge >= 0.3 is 0 Å². The van der Waals surface area contributed by atoms with Gasteiger partial charge in [-0.3, -0.25) is 9.67 Å². The summed E-state index contributed by atoms with van der Waals surface area (Å²) in [6, 6.07) is 3.81. The first kappa shape index (κ1) is 14.5. The Hall–Kier alpha value is -1.88. The van der Waals surface area contributed by atoms with Crippen molar-refractivity contribution in [2.75, 3.05) is 6.54 Å². The molecule has 5 nitrogen and oxygen atoms in total. The van der Waals surface area contributed by atoms with E-state index in [1.807, 2.05) is 29.9 Å². The molecule has 2 aromatic heterocycles. The molecule has 0 saturated heterocycles. The second kappa shape index (κ2) is 7.05. The summed E-state index contributed by atoms with van der Waals surface area (Å²) in [6.45, 7) is 8.99. The van der Waals surface area contributed by atoms with Crippen molar-refractivity contribution < 1.29 is 4.74 Å². The molecule has 0 aliphatic carbocycles. The summed E-state index contributed by atoms with van der Waals surface area (Å²) in [5.74, 6) is 2.17. The summed E-state index contributed by atoms with van der Waals surface area (Å²) in [7, 11) is 0. The minimum Gasteiger partial charge on any atom is -0.454 e. The van der Waals surface area contributed by atoms with Gasteiger partial charge in [-0.15, -0.1) is 0 Å². The standard InChI is InChI=1S/C15H22N4O/c1-4-19-11-15(10-18-19)20-14-5-6-17-13(7-14)9-16-8-12(2)3/h5-7,10-12,16H,4,8-9H2,1-3H3. The van der Waals surface area contributed by atoms with Gasteiger partial charge in [0.15, 0.2) is 5.75 Å². The molecular formula is C15H22N4O. The first-order chi connectivity index (χ1) is 9.67. The number of aryl methyl sites for hydroxylation is 1. The van der Waals surface area contributed by atoms with Crippen molar-refractivity contribution in [2.24, 2.45) is 5.92 Å². The monoisotopic (exact) mass is 274 g/mol. The lowest BCUT2D eigenvalue weighted by molar-refractivity contribution is 0.478. The zero-order valence-corrected chi connectivity index (χ0v) is 12.3. The van der Waals surface area contributed by atoms with Crippen molar-refractivity contribution in [3.05, 3.63) is 36.4 Å². The van der Waals surface area contributed by atoms with Gasteiger partial charge in [-0.05, 0) is 25.5 Å². The van der Waals surface area contributed by atoms with Crippen LogP contribution in [-0.4, -0.2) is 21.3 Å². The smallest absolute Gasteiger partial charge is 0.165 e. The van der Waals surface area contributed by atoms with E-state index in [9.17, 15) is 0 Å². The molecule has 2 heterocycles. The van der Waals surface area contributed by atoms with Crippen molar-refractivity contribution in [1.29, 1.82) is 0 Å². The Morgan fingerprint density at radius 1 is 1.35 bits per heavy atom. The van der Waals surface area contributed by atoms with Crippen LogP contribution in [0.25, 0.3) is 0 Å². The lowest BCUT2D eigenvalue weighted by atomic mass is 10.2. The highest BCUT2D eigenvalue weighted by atomic mass is 16.5. The third kappa shape index (κ3) is 4.35. The molecular weight excluding hydrogens is 252 g/mol. The molecule has 0 aromatic carbocycles. The predicted octanol–water partition coefficient (Wildman–Crippen LogP) is 2.84. The normalized spacial score (nSPS) is 11.0. The summed E-state index contributed by atoms with van der Waals surface area (Å²) in [5.41, 5.74) is 0.978. The van der Waals surface area contributed by atoms with Crippen LogP contribution in [0.15, 0.2) is 30.7 Å². The second-order valence-electron chi connectivity index (χ2n) is 5.14. The molecule has 2 aromatic rings. The van der Waals surface area contributed by atoms with E-state index in [4.69, 9.17) is 4.74 Å². The van der Waals surface area contributed by atoms with Crippen LogP contribution in [0.4, 0.5) is 0 Å². The van der Waals surface area contributed by atoms with Crippen molar-refractivity contribution in [2.45, 2.75) is 33.9 Å².